The van der Waals surface area contributed by atoms with E-state index < -0.39 is 6.04 Å². The van der Waals surface area contributed by atoms with Crippen molar-refractivity contribution in [3.05, 3.63) is 65.2 Å². The molecule has 1 atom stereocenters. The van der Waals surface area contributed by atoms with Crippen molar-refractivity contribution in [2.45, 2.75) is 52.1 Å². The van der Waals surface area contributed by atoms with Gasteiger partial charge in [0.05, 0.1) is 6.61 Å². The smallest absolute Gasteiger partial charge is 0.242 e. The van der Waals surface area contributed by atoms with Crippen molar-refractivity contribution in [3.63, 3.8) is 0 Å². The highest BCUT2D eigenvalue weighted by Gasteiger charge is 2.25. The third-order valence-electron chi connectivity index (χ3n) is 4.70. The monoisotopic (exact) mass is 430 g/mol. The van der Waals surface area contributed by atoms with Crippen LogP contribution in [-0.4, -0.2) is 41.9 Å². The Balaban J connectivity index is 1.92. The van der Waals surface area contributed by atoms with Gasteiger partial charge in [-0.15, -0.1) is 0 Å². The van der Waals surface area contributed by atoms with E-state index in [0.717, 1.165) is 11.3 Å². The maximum absolute atomic E-state index is 12.9. The van der Waals surface area contributed by atoms with Crippen molar-refractivity contribution in [2.75, 3.05) is 13.2 Å². The molecule has 0 saturated carbocycles. The Labute approximate surface area is 184 Å². The summed E-state index contributed by atoms with van der Waals surface area (Å²) in [7, 11) is 0. The zero-order valence-corrected chi connectivity index (χ0v) is 18.7. The number of nitrogens with one attached hydrogen (secondary N) is 1. The predicted molar refractivity (Wildman–Crippen MR) is 121 cm³/mol. The van der Waals surface area contributed by atoms with Gasteiger partial charge >= 0.3 is 0 Å². The predicted octanol–water partition coefficient (Wildman–Crippen LogP) is 4.48. The number of carbonyl (C=O) groups excluding carboxylic acids is 2. The SMILES string of the molecule is CC(C)NC(=O)[C@@H](C)N(CCc1ccccc1)C(=O)CCCOc1ccc(Cl)cc1. The number of carbonyl (C=O) groups is 2. The van der Waals surface area contributed by atoms with Gasteiger partial charge in [0.2, 0.25) is 11.8 Å². The normalized spacial score (nSPS) is 11.8. The second-order valence-corrected chi connectivity index (χ2v) is 8.00. The van der Waals surface area contributed by atoms with Gasteiger partial charge < -0.3 is 15.0 Å². The van der Waals surface area contributed by atoms with E-state index in [4.69, 9.17) is 16.3 Å². The van der Waals surface area contributed by atoms with Crippen LogP contribution in [0, 0.1) is 0 Å². The molecule has 0 aliphatic rings. The molecule has 6 heteroatoms. The third kappa shape index (κ3) is 8.07. The van der Waals surface area contributed by atoms with Gasteiger partial charge in [0.25, 0.3) is 0 Å². The molecule has 0 fully saturated rings. The lowest BCUT2D eigenvalue weighted by Gasteiger charge is -2.29. The number of hydrogen-bond donors (Lipinski definition) is 1. The fraction of sp³-hybridized carbons (Fsp3) is 0.417. The van der Waals surface area contributed by atoms with E-state index in [1.807, 2.05) is 44.2 Å². The summed E-state index contributed by atoms with van der Waals surface area (Å²) in [5.74, 6) is 0.540. The van der Waals surface area contributed by atoms with E-state index in [-0.39, 0.29) is 17.9 Å². The summed E-state index contributed by atoms with van der Waals surface area (Å²) in [6, 6.07) is 16.6. The molecule has 2 amide bonds. The lowest BCUT2D eigenvalue weighted by molar-refractivity contribution is -0.140. The zero-order chi connectivity index (χ0) is 21.9. The summed E-state index contributed by atoms with van der Waals surface area (Å²) in [5.41, 5.74) is 1.14. The van der Waals surface area contributed by atoms with E-state index in [1.54, 1.807) is 36.1 Å². The maximum atomic E-state index is 12.9. The molecular weight excluding hydrogens is 400 g/mol. The Morgan fingerprint density at radius 3 is 2.33 bits per heavy atom. The van der Waals surface area contributed by atoms with E-state index in [1.165, 1.54) is 0 Å². The average Bonchev–Trinajstić information content (AvgIpc) is 2.72. The van der Waals surface area contributed by atoms with Crippen molar-refractivity contribution in [3.8, 4) is 5.75 Å². The molecule has 30 heavy (non-hydrogen) atoms. The van der Waals surface area contributed by atoms with Crippen LogP contribution in [0.25, 0.3) is 0 Å². The molecule has 0 heterocycles. The molecule has 0 aliphatic carbocycles. The lowest BCUT2D eigenvalue weighted by Crippen LogP contribution is -2.50. The quantitative estimate of drug-likeness (QED) is 0.534. The molecule has 0 spiro atoms. The molecule has 2 rings (SSSR count). The number of benzene rings is 2. The Bertz CT molecular complexity index is 794. The van der Waals surface area contributed by atoms with Crippen LogP contribution in [0.3, 0.4) is 0 Å². The average molecular weight is 431 g/mol. The van der Waals surface area contributed by atoms with Crippen LogP contribution in [0.15, 0.2) is 54.6 Å². The van der Waals surface area contributed by atoms with Crippen LogP contribution in [0.2, 0.25) is 5.02 Å². The third-order valence-corrected chi connectivity index (χ3v) is 4.95. The molecular formula is C24H31ClN2O3. The molecule has 1 N–H and O–H groups in total. The Hall–Kier alpha value is -2.53. The number of amides is 2. The van der Waals surface area contributed by atoms with Gasteiger partial charge in [-0.25, -0.2) is 0 Å². The van der Waals surface area contributed by atoms with Gasteiger partial charge in [0.15, 0.2) is 0 Å². The first-order valence-corrected chi connectivity index (χ1v) is 10.8. The highest BCUT2D eigenvalue weighted by molar-refractivity contribution is 6.30. The summed E-state index contributed by atoms with van der Waals surface area (Å²) >= 11 is 5.87. The number of rotatable bonds is 11. The molecule has 0 saturated heterocycles. The molecule has 0 unspecified atom stereocenters. The second kappa shape index (κ2) is 12.2. The molecule has 5 nitrogen and oxygen atoms in total. The largest absolute Gasteiger partial charge is 0.494 e. The first kappa shape index (κ1) is 23.7. The van der Waals surface area contributed by atoms with Crippen LogP contribution in [0.4, 0.5) is 0 Å². The van der Waals surface area contributed by atoms with Crippen LogP contribution in [0.5, 0.6) is 5.75 Å². The molecule has 0 aliphatic heterocycles. The van der Waals surface area contributed by atoms with Crippen LogP contribution in [-0.2, 0) is 16.0 Å². The van der Waals surface area contributed by atoms with E-state index in [0.29, 0.717) is 37.4 Å². The van der Waals surface area contributed by atoms with Crippen molar-refractivity contribution in [1.29, 1.82) is 0 Å². The maximum Gasteiger partial charge on any atom is 0.242 e. The Kier molecular flexibility index (Phi) is 9.68. The second-order valence-electron chi connectivity index (χ2n) is 7.57. The standard InChI is InChI=1S/C24H31ClN2O3/c1-18(2)26-24(29)19(3)27(16-15-20-8-5-4-6-9-20)23(28)10-7-17-30-22-13-11-21(25)12-14-22/h4-6,8-9,11-14,18-19H,7,10,15-17H2,1-3H3,(H,26,29)/t19-/m1/s1. The number of halogens is 1. The van der Waals surface area contributed by atoms with Gasteiger partial charge in [0, 0.05) is 24.0 Å². The van der Waals surface area contributed by atoms with E-state index in [9.17, 15) is 9.59 Å². The van der Waals surface area contributed by atoms with Gasteiger partial charge in [0.1, 0.15) is 11.8 Å². The van der Waals surface area contributed by atoms with Crippen LogP contribution >= 0.6 is 11.6 Å². The van der Waals surface area contributed by atoms with Gasteiger partial charge in [-0.05, 0) is 63.4 Å². The summed E-state index contributed by atoms with van der Waals surface area (Å²) in [6.45, 7) is 6.52. The first-order valence-electron chi connectivity index (χ1n) is 10.4. The van der Waals surface area contributed by atoms with Crippen molar-refractivity contribution >= 4 is 23.4 Å². The number of nitrogens with zero attached hydrogens (tertiary/aromatic N) is 1. The van der Waals surface area contributed by atoms with E-state index in [2.05, 4.69) is 5.32 Å². The van der Waals surface area contributed by atoms with Crippen molar-refractivity contribution < 1.29 is 14.3 Å². The molecule has 2 aromatic carbocycles. The highest BCUT2D eigenvalue weighted by atomic mass is 35.5. The fourth-order valence-electron chi connectivity index (χ4n) is 3.06. The summed E-state index contributed by atoms with van der Waals surface area (Å²) in [4.78, 5) is 27.1. The van der Waals surface area contributed by atoms with Crippen LogP contribution in [0.1, 0.15) is 39.2 Å². The molecule has 2 aromatic rings. The van der Waals surface area contributed by atoms with E-state index >= 15 is 0 Å². The summed E-state index contributed by atoms with van der Waals surface area (Å²) in [5, 5.41) is 3.55. The minimum atomic E-state index is -0.527. The first-order chi connectivity index (χ1) is 14.4. The minimum absolute atomic E-state index is 0.0267. The van der Waals surface area contributed by atoms with Gasteiger partial charge in [-0.3, -0.25) is 9.59 Å². The lowest BCUT2D eigenvalue weighted by atomic mass is 10.1. The number of ether oxygens (including phenoxy) is 1. The molecule has 0 radical (unpaired) electrons. The molecule has 162 valence electrons. The van der Waals surface area contributed by atoms with Crippen molar-refractivity contribution in [1.82, 2.24) is 10.2 Å². The van der Waals surface area contributed by atoms with Gasteiger partial charge in [-0.2, -0.15) is 0 Å². The number of hydrogen-bond acceptors (Lipinski definition) is 3. The Morgan fingerprint density at radius 2 is 1.70 bits per heavy atom. The van der Waals surface area contributed by atoms with Gasteiger partial charge in [-0.1, -0.05) is 41.9 Å². The minimum Gasteiger partial charge on any atom is -0.494 e. The summed E-state index contributed by atoms with van der Waals surface area (Å²) < 4.78 is 5.67. The molecule has 0 bridgehead atoms. The molecule has 0 aromatic heterocycles. The van der Waals surface area contributed by atoms with Crippen molar-refractivity contribution in [2.24, 2.45) is 0 Å². The zero-order valence-electron chi connectivity index (χ0n) is 17.9. The summed E-state index contributed by atoms with van der Waals surface area (Å²) in [6.07, 6.45) is 1.59. The topological polar surface area (TPSA) is 58.6 Å². The highest BCUT2D eigenvalue weighted by Crippen LogP contribution is 2.16. The van der Waals surface area contributed by atoms with Crippen LogP contribution < -0.4 is 10.1 Å². The Morgan fingerprint density at radius 1 is 1.03 bits per heavy atom. The fourth-order valence-corrected chi connectivity index (χ4v) is 3.19.